The van der Waals surface area contributed by atoms with E-state index in [1.807, 2.05) is 6.08 Å². The molecule has 0 N–H and O–H groups in total. The lowest BCUT2D eigenvalue weighted by Crippen LogP contribution is -2.59. The molecule has 4 aliphatic carbocycles. The van der Waals surface area contributed by atoms with Gasteiger partial charge in [-0.25, -0.2) is 0 Å². The molecule has 5 heteroatoms. The van der Waals surface area contributed by atoms with Gasteiger partial charge in [0, 0.05) is 25.9 Å². The van der Waals surface area contributed by atoms with Gasteiger partial charge < -0.3 is 9.47 Å². The molecule has 4 rings (SSSR count). The summed E-state index contributed by atoms with van der Waals surface area (Å²) < 4.78 is 11.1. The van der Waals surface area contributed by atoms with E-state index in [1.54, 1.807) is 7.11 Å². The van der Waals surface area contributed by atoms with Gasteiger partial charge in [0.25, 0.3) is 0 Å². The van der Waals surface area contributed by atoms with Gasteiger partial charge in [-0.1, -0.05) is 19.4 Å². The second-order valence-electron chi connectivity index (χ2n) is 10.2. The van der Waals surface area contributed by atoms with Gasteiger partial charge in [0.1, 0.15) is 5.60 Å². The number of hydrogen-bond donors (Lipinski definition) is 0. The molecule has 0 amide bonds. The number of carbonyl (C=O) groups is 3. The predicted molar refractivity (Wildman–Crippen MR) is 108 cm³/mol. The second kappa shape index (κ2) is 7.04. The minimum absolute atomic E-state index is 0.0930. The van der Waals surface area contributed by atoms with Crippen LogP contribution in [0.25, 0.3) is 0 Å². The summed E-state index contributed by atoms with van der Waals surface area (Å²) in [4.78, 5) is 36.5. The van der Waals surface area contributed by atoms with Gasteiger partial charge in [-0.15, -0.1) is 0 Å². The molecule has 0 aromatic heterocycles. The van der Waals surface area contributed by atoms with Gasteiger partial charge in [0.05, 0.1) is 0 Å². The molecule has 4 aliphatic rings. The Morgan fingerprint density at radius 2 is 1.79 bits per heavy atom. The molecule has 0 spiro atoms. The summed E-state index contributed by atoms with van der Waals surface area (Å²) in [5, 5.41) is 0. The van der Waals surface area contributed by atoms with E-state index in [4.69, 9.17) is 9.47 Å². The second-order valence-corrected chi connectivity index (χ2v) is 10.2. The molecule has 0 bridgehead atoms. The first-order valence-corrected chi connectivity index (χ1v) is 11.1. The normalized spacial score (nSPS) is 43.7. The van der Waals surface area contributed by atoms with Crippen LogP contribution in [-0.4, -0.2) is 36.9 Å². The number of hydrogen-bond acceptors (Lipinski definition) is 5. The zero-order valence-electron chi connectivity index (χ0n) is 18.2. The number of fused-ring (bicyclic) bond motifs is 5. The van der Waals surface area contributed by atoms with Crippen molar-refractivity contribution >= 4 is 17.5 Å². The molecular formula is C24H34O5. The van der Waals surface area contributed by atoms with E-state index in [0.29, 0.717) is 30.6 Å². The van der Waals surface area contributed by atoms with Crippen molar-refractivity contribution in [2.24, 2.45) is 28.6 Å². The number of methoxy groups -OCH3 is 1. The summed E-state index contributed by atoms with van der Waals surface area (Å²) in [6.07, 6.45) is 9.33. The molecule has 0 aromatic carbocycles. The van der Waals surface area contributed by atoms with E-state index in [2.05, 4.69) is 13.8 Å². The van der Waals surface area contributed by atoms with Gasteiger partial charge in [-0.05, 0) is 74.2 Å². The van der Waals surface area contributed by atoms with Gasteiger partial charge >= 0.3 is 5.97 Å². The lowest BCUT2D eigenvalue weighted by atomic mass is 9.46. The zero-order chi connectivity index (χ0) is 21.0. The average molecular weight is 403 g/mol. The van der Waals surface area contributed by atoms with Crippen LogP contribution in [-0.2, 0) is 23.9 Å². The fourth-order valence-corrected chi connectivity index (χ4v) is 7.75. The van der Waals surface area contributed by atoms with Crippen LogP contribution in [0.15, 0.2) is 11.6 Å². The third-order valence-corrected chi connectivity index (χ3v) is 9.29. The van der Waals surface area contributed by atoms with E-state index in [9.17, 15) is 14.4 Å². The Bertz CT molecular complexity index is 769. The van der Waals surface area contributed by atoms with Crippen molar-refractivity contribution in [1.29, 1.82) is 0 Å². The van der Waals surface area contributed by atoms with Crippen molar-refractivity contribution < 1.29 is 23.9 Å². The molecule has 3 fully saturated rings. The van der Waals surface area contributed by atoms with E-state index in [0.717, 1.165) is 38.5 Å². The van der Waals surface area contributed by atoms with Crippen LogP contribution in [0.2, 0.25) is 0 Å². The van der Waals surface area contributed by atoms with Crippen LogP contribution >= 0.6 is 0 Å². The van der Waals surface area contributed by atoms with Crippen molar-refractivity contribution in [2.45, 2.75) is 77.7 Å². The molecule has 160 valence electrons. The molecule has 0 radical (unpaired) electrons. The summed E-state index contributed by atoms with van der Waals surface area (Å²) in [5.74, 6) is 1.32. The molecule has 5 nitrogen and oxygen atoms in total. The Hall–Kier alpha value is -1.49. The molecule has 0 heterocycles. The number of ketones is 2. The highest BCUT2D eigenvalue weighted by atomic mass is 16.5. The highest BCUT2D eigenvalue weighted by molar-refractivity contribution is 5.92. The van der Waals surface area contributed by atoms with Crippen LogP contribution in [0.3, 0.4) is 0 Å². The van der Waals surface area contributed by atoms with E-state index < -0.39 is 11.6 Å². The monoisotopic (exact) mass is 402 g/mol. The summed E-state index contributed by atoms with van der Waals surface area (Å²) >= 11 is 0. The maximum absolute atomic E-state index is 13.2. The largest absolute Gasteiger partial charge is 0.458 e. The Labute approximate surface area is 173 Å². The number of allylic oxidation sites excluding steroid dienone is 1. The number of ether oxygens (including phenoxy) is 2. The number of Topliss-reactive ketones (excluding diaryl/α,β-unsaturated/α-hetero) is 1. The SMILES string of the molecule is CO[C@]1(C(=O)COC(C)=O)CC[C@H]2[C@@H]3CCC4=CC(=O)CC[C@]4(C)[C@H]3CC[C@@]21C. The minimum Gasteiger partial charge on any atom is -0.458 e. The van der Waals surface area contributed by atoms with Crippen LogP contribution in [0.4, 0.5) is 0 Å². The van der Waals surface area contributed by atoms with Crippen LogP contribution in [0.5, 0.6) is 0 Å². The minimum atomic E-state index is -0.863. The van der Waals surface area contributed by atoms with Crippen LogP contribution in [0, 0.1) is 28.6 Å². The average Bonchev–Trinajstić information content (AvgIpc) is 3.00. The van der Waals surface area contributed by atoms with Gasteiger partial charge in [0.15, 0.2) is 12.4 Å². The summed E-state index contributed by atoms with van der Waals surface area (Å²) in [7, 11) is 1.64. The summed E-state index contributed by atoms with van der Waals surface area (Å²) in [6.45, 7) is 5.73. The van der Waals surface area contributed by atoms with Crippen LogP contribution < -0.4 is 0 Å². The molecule has 0 unspecified atom stereocenters. The number of rotatable bonds is 4. The van der Waals surface area contributed by atoms with Crippen molar-refractivity contribution in [1.82, 2.24) is 0 Å². The molecule has 0 saturated heterocycles. The Morgan fingerprint density at radius 3 is 2.48 bits per heavy atom. The van der Waals surface area contributed by atoms with E-state index in [1.165, 1.54) is 12.5 Å². The highest BCUT2D eigenvalue weighted by Gasteiger charge is 2.67. The lowest BCUT2D eigenvalue weighted by molar-refractivity contribution is -0.176. The maximum Gasteiger partial charge on any atom is 0.303 e. The third-order valence-electron chi connectivity index (χ3n) is 9.29. The first kappa shape index (κ1) is 20.8. The summed E-state index contributed by atoms with van der Waals surface area (Å²) in [5.41, 5.74) is 0.387. The van der Waals surface area contributed by atoms with Crippen molar-refractivity contribution in [3.8, 4) is 0 Å². The smallest absolute Gasteiger partial charge is 0.303 e. The van der Waals surface area contributed by atoms with Crippen molar-refractivity contribution in [3.05, 3.63) is 11.6 Å². The molecule has 6 atom stereocenters. The quantitative estimate of drug-likeness (QED) is 0.664. The first-order chi connectivity index (χ1) is 13.7. The number of carbonyl (C=O) groups excluding carboxylic acids is 3. The van der Waals surface area contributed by atoms with Crippen molar-refractivity contribution in [3.63, 3.8) is 0 Å². The Morgan fingerprint density at radius 1 is 1.07 bits per heavy atom. The summed E-state index contributed by atoms with van der Waals surface area (Å²) in [6, 6.07) is 0. The lowest BCUT2D eigenvalue weighted by Gasteiger charge is -2.59. The molecule has 29 heavy (non-hydrogen) atoms. The van der Waals surface area contributed by atoms with E-state index >= 15 is 0 Å². The van der Waals surface area contributed by atoms with Crippen LogP contribution in [0.1, 0.15) is 72.1 Å². The van der Waals surface area contributed by atoms with Crippen molar-refractivity contribution in [2.75, 3.05) is 13.7 Å². The predicted octanol–water partition coefficient (Wildman–Crippen LogP) is 4.04. The highest BCUT2D eigenvalue weighted by Crippen LogP contribution is 2.68. The fraction of sp³-hybridized carbons (Fsp3) is 0.792. The third kappa shape index (κ3) is 2.87. The number of esters is 1. The van der Waals surface area contributed by atoms with Gasteiger partial charge in [-0.3, -0.25) is 14.4 Å². The van der Waals surface area contributed by atoms with Gasteiger partial charge in [-0.2, -0.15) is 0 Å². The molecule has 0 aliphatic heterocycles. The molecule has 0 aromatic rings. The van der Waals surface area contributed by atoms with E-state index in [-0.39, 0.29) is 29.0 Å². The zero-order valence-corrected chi connectivity index (χ0v) is 18.2. The Balaban J connectivity index is 1.63. The maximum atomic E-state index is 13.2. The van der Waals surface area contributed by atoms with Gasteiger partial charge in [0.2, 0.25) is 5.78 Å². The fourth-order valence-electron chi connectivity index (χ4n) is 7.75. The topological polar surface area (TPSA) is 69.7 Å². The standard InChI is InChI=1S/C24H34O5/c1-15(25)29-14-21(27)24(28-4)12-9-20-18-6-5-16-13-17(26)7-10-22(16,2)19(18)8-11-23(20,24)3/h13,18-20H,5-12,14H2,1-4H3/t18-,19+,20+,22+,23+,24+/m1/s1. The Kier molecular flexibility index (Phi) is 5.04. The molecular weight excluding hydrogens is 368 g/mol. The first-order valence-electron chi connectivity index (χ1n) is 11.1. The molecule has 3 saturated carbocycles.